The van der Waals surface area contributed by atoms with Gasteiger partial charge in [0, 0.05) is 54.7 Å². The Kier molecular flexibility index (Phi) is 9.97. The molecule has 5 aromatic rings. The first-order valence-corrected chi connectivity index (χ1v) is 20.7. The zero-order valence-electron chi connectivity index (χ0n) is 33.4. The number of hydrogen-bond acceptors (Lipinski definition) is 13. The summed E-state index contributed by atoms with van der Waals surface area (Å²) < 4.78 is 3.28. The van der Waals surface area contributed by atoms with E-state index in [0.29, 0.717) is 65.0 Å². The Balaban J connectivity index is 0.805. The largest absolute Gasteiger partial charge is 0.383 e. The number of pyridine rings is 2. The Labute approximate surface area is 342 Å². The lowest BCUT2D eigenvalue weighted by Crippen LogP contribution is -2.49. The van der Waals surface area contributed by atoms with Crippen molar-refractivity contribution >= 4 is 40.0 Å². The van der Waals surface area contributed by atoms with Gasteiger partial charge in [-0.15, -0.1) is 5.10 Å². The maximum absolute atomic E-state index is 12.7. The molecule has 0 bridgehead atoms. The van der Waals surface area contributed by atoms with Gasteiger partial charge in [0.2, 0.25) is 11.8 Å². The van der Waals surface area contributed by atoms with E-state index in [0.717, 1.165) is 56.6 Å². The van der Waals surface area contributed by atoms with Crippen molar-refractivity contribution in [2.75, 3.05) is 35.6 Å². The molecule has 9 rings (SSSR count). The molecule has 4 atom stereocenters. The number of hydrogen-bond donors (Lipinski definition) is 3. The first kappa shape index (κ1) is 38.1. The van der Waals surface area contributed by atoms with Crippen LogP contribution in [-0.2, 0) is 15.0 Å². The maximum Gasteiger partial charge on any atom is 0.236 e. The molecule has 4 N–H and O–H groups in total. The van der Waals surface area contributed by atoms with E-state index < -0.39 is 11.5 Å². The van der Waals surface area contributed by atoms with Crippen molar-refractivity contribution in [3.63, 3.8) is 0 Å². The fourth-order valence-electron chi connectivity index (χ4n) is 9.80. The second-order valence-electron chi connectivity index (χ2n) is 16.8. The monoisotopic (exact) mass is 792 g/mol. The smallest absolute Gasteiger partial charge is 0.236 e. The Morgan fingerprint density at radius 1 is 1.03 bits per heavy atom. The molecule has 1 aliphatic carbocycles. The lowest BCUT2D eigenvalue weighted by Gasteiger charge is -2.33. The van der Waals surface area contributed by atoms with Crippen molar-refractivity contribution in [2.45, 2.75) is 101 Å². The molecule has 59 heavy (non-hydrogen) atoms. The number of carbonyl (C=O) groups is 2. The topological polar surface area (TPSA) is 213 Å². The summed E-state index contributed by atoms with van der Waals surface area (Å²) in [6.45, 7) is 7.01. The average molecular weight is 793 g/mol. The van der Waals surface area contributed by atoms with Gasteiger partial charge in [-0.1, -0.05) is 17.3 Å². The second-order valence-corrected chi connectivity index (χ2v) is 16.8. The molecule has 2 amide bonds. The van der Waals surface area contributed by atoms with E-state index >= 15 is 0 Å². The standard InChI is InChI=1S/C43H48N14O2/c1-26(21-44)49-33-20-38(57-41-30(23-48-57)19-29(22-45)40(46)51-41)47-24-37(33)56-25-34(52-53-56)28-5-3-27(4-6-28)12-16-54-17-13-36-35(54)14-18-55(36)32-9-7-31(8-10-32)43(2)15-11-39(58)50-42(43)59/h7-10,19-20,23-28,35-36H,3-6,11-18H2,1-2H3,(H2,46,51)(H,47,49)(H,50,58,59)/t26-,27?,28?,35+,36+,43-/m1/s1. The summed E-state index contributed by atoms with van der Waals surface area (Å²) in [5, 5.41) is 39.0. The average Bonchev–Trinajstić information content (AvgIpc) is 4.07. The minimum absolute atomic E-state index is 0.115. The quantitative estimate of drug-likeness (QED) is 0.161. The molecule has 4 fully saturated rings. The summed E-state index contributed by atoms with van der Waals surface area (Å²) in [5.41, 5.74) is 10.5. The molecular formula is C43H48N14O2. The molecule has 4 aromatic heterocycles. The molecule has 1 aromatic carbocycles. The Bertz CT molecular complexity index is 2490. The van der Waals surface area contributed by atoms with Crippen LogP contribution < -0.4 is 21.3 Å². The fourth-order valence-corrected chi connectivity index (χ4v) is 9.80. The summed E-state index contributed by atoms with van der Waals surface area (Å²) in [5.74, 6) is 1.21. The highest BCUT2D eigenvalue weighted by molar-refractivity contribution is 6.03. The number of carbonyl (C=O) groups excluding carboxylic acids is 2. The van der Waals surface area contributed by atoms with Crippen molar-refractivity contribution in [3.8, 4) is 23.6 Å². The van der Waals surface area contributed by atoms with E-state index in [9.17, 15) is 20.1 Å². The van der Waals surface area contributed by atoms with Crippen LogP contribution in [0.3, 0.4) is 0 Å². The van der Waals surface area contributed by atoms with Crippen LogP contribution in [-0.4, -0.2) is 89.2 Å². The van der Waals surface area contributed by atoms with E-state index in [-0.39, 0.29) is 23.2 Å². The van der Waals surface area contributed by atoms with Crippen molar-refractivity contribution in [1.29, 1.82) is 10.5 Å². The summed E-state index contributed by atoms with van der Waals surface area (Å²) in [7, 11) is 0. The molecule has 7 heterocycles. The van der Waals surface area contributed by atoms with Gasteiger partial charge in [0.05, 0.1) is 47.0 Å². The highest BCUT2D eigenvalue weighted by Crippen LogP contribution is 2.40. The number of nitrogens with zero attached hydrogens (tertiary/aromatic N) is 11. The maximum atomic E-state index is 12.7. The predicted molar refractivity (Wildman–Crippen MR) is 221 cm³/mol. The SMILES string of the molecule is C[C@H](C#N)Nc1cc(-n2ncc3cc(C#N)c(N)nc32)ncc1-n1cc(C2CCC(CCN3CC[C@H]4[C@@H]3CCN4c3ccc([C@@]4(C)CCC(=O)NC4=O)cc3)CC2)nn1. The number of nitriles is 2. The number of likely N-dealkylation sites (tertiary alicyclic amines) is 1. The number of fused-ring (bicyclic) bond motifs is 2. The lowest BCUT2D eigenvalue weighted by molar-refractivity contribution is -0.137. The van der Waals surface area contributed by atoms with Gasteiger partial charge in [-0.05, 0) is 101 Å². The van der Waals surface area contributed by atoms with Crippen LogP contribution in [0.5, 0.6) is 0 Å². The number of rotatable bonds is 10. The molecule has 1 saturated carbocycles. The molecule has 302 valence electrons. The van der Waals surface area contributed by atoms with E-state index in [1.165, 1.54) is 24.9 Å². The molecule has 4 aliphatic rings. The summed E-state index contributed by atoms with van der Waals surface area (Å²) >= 11 is 0. The van der Waals surface area contributed by atoms with Crippen LogP contribution in [0.15, 0.2) is 55.0 Å². The zero-order chi connectivity index (χ0) is 40.8. The lowest BCUT2D eigenvalue weighted by atomic mass is 9.75. The highest BCUT2D eigenvalue weighted by Gasteiger charge is 2.43. The van der Waals surface area contributed by atoms with E-state index in [1.54, 1.807) is 40.8 Å². The minimum Gasteiger partial charge on any atom is -0.383 e. The number of nitrogen functional groups attached to an aromatic ring is 1. The van der Waals surface area contributed by atoms with Crippen molar-refractivity contribution < 1.29 is 9.59 Å². The normalized spacial score (nSPS) is 25.1. The van der Waals surface area contributed by atoms with Gasteiger partial charge < -0.3 is 16.0 Å². The van der Waals surface area contributed by atoms with Gasteiger partial charge in [0.15, 0.2) is 11.5 Å². The molecule has 3 saturated heterocycles. The van der Waals surface area contributed by atoms with Crippen LogP contribution >= 0.6 is 0 Å². The van der Waals surface area contributed by atoms with Crippen LogP contribution in [0.4, 0.5) is 17.2 Å². The summed E-state index contributed by atoms with van der Waals surface area (Å²) in [4.78, 5) is 38.8. The Morgan fingerprint density at radius 3 is 2.59 bits per heavy atom. The highest BCUT2D eigenvalue weighted by atomic mass is 16.2. The van der Waals surface area contributed by atoms with Gasteiger partial charge >= 0.3 is 0 Å². The molecule has 16 heteroatoms. The molecule has 0 radical (unpaired) electrons. The third-order valence-corrected chi connectivity index (χ3v) is 13.3. The first-order chi connectivity index (χ1) is 28.6. The molecule has 3 aliphatic heterocycles. The van der Waals surface area contributed by atoms with Gasteiger partial charge in [0.25, 0.3) is 0 Å². The summed E-state index contributed by atoms with van der Waals surface area (Å²) in [6.07, 6.45) is 14.2. The fraction of sp³-hybridized carbons (Fsp3) is 0.465. The van der Waals surface area contributed by atoms with E-state index in [2.05, 4.69) is 82.2 Å². The second kappa shape index (κ2) is 15.4. The Hall–Kier alpha value is -6.39. The zero-order valence-corrected chi connectivity index (χ0v) is 33.4. The molecule has 0 unspecified atom stereocenters. The van der Waals surface area contributed by atoms with Crippen molar-refractivity contribution in [3.05, 3.63) is 71.8 Å². The number of benzene rings is 1. The molecule has 16 nitrogen and oxygen atoms in total. The number of anilines is 3. The number of imide groups is 1. The van der Waals surface area contributed by atoms with E-state index in [1.807, 2.05) is 13.1 Å². The van der Waals surface area contributed by atoms with E-state index in [4.69, 9.17) is 5.73 Å². The number of piperidine rings is 1. The van der Waals surface area contributed by atoms with Crippen LogP contribution in [0.2, 0.25) is 0 Å². The van der Waals surface area contributed by atoms with Crippen molar-refractivity contribution in [1.82, 2.24) is 45.0 Å². The third-order valence-electron chi connectivity index (χ3n) is 13.3. The summed E-state index contributed by atoms with van der Waals surface area (Å²) in [6, 6.07) is 16.8. The minimum atomic E-state index is -0.674. The van der Waals surface area contributed by atoms with Crippen LogP contribution in [0.25, 0.3) is 22.5 Å². The third kappa shape index (κ3) is 7.12. The van der Waals surface area contributed by atoms with Gasteiger partial charge in [0.1, 0.15) is 23.6 Å². The van der Waals surface area contributed by atoms with Gasteiger partial charge in [-0.3, -0.25) is 19.8 Å². The van der Waals surface area contributed by atoms with Gasteiger partial charge in [-0.2, -0.15) is 20.3 Å². The number of nitrogens with one attached hydrogen (secondary N) is 2. The molecular weight excluding hydrogens is 745 g/mol. The van der Waals surface area contributed by atoms with Crippen molar-refractivity contribution in [2.24, 2.45) is 5.92 Å². The van der Waals surface area contributed by atoms with Gasteiger partial charge in [-0.25, -0.2) is 14.6 Å². The number of nitrogens with two attached hydrogens (primary N) is 1. The number of amides is 2. The predicted octanol–water partition coefficient (Wildman–Crippen LogP) is 4.89. The van der Waals surface area contributed by atoms with Crippen LogP contribution in [0, 0.1) is 28.6 Å². The Morgan fingerprint density at radius 2 is 1.83 bits per heavy atom. The first-order valence-electron chi connectivity index (χ1n) is 20.7. The molecule has 0 spiro atoms. The number of aromatic nitrogens is 7. The van der Waals surface area contributed by atoms with Crippen LogP contribution in [0.1, 0.15) is 94.4 Å².